The number of thiazole rings is 1. The lowest BCUT2D eigenvalue weighted by Gasteiger charge is -2.43. The van der Waals surface area contributed by atoms with Crippen molar-refractivity contribution in [3.63, 3.8) is 0 Å². The minimum Gasteiger partial charge on any atom is -0.356 e. The molecule has 2 aliphatic carbocycles. The molecular weight excluding hydrogens is 268 g/mol. The van der Waals surface area contributed by atoms with Gasteiger partial charge < -0.3 is 10.6 Å². The van der Waals surface area contributed by atoms with E-state index >= 15 is 0 Å². The Bertz CT molecular complexity index is 486. The van der Waals surface area contributed by atoms with Gasteiger partial charge in [-0.1, -0.05) is 6.42 Å². The van der Waals surface area contributed by atoms with Gasteiger partial charge in [-0.05, 0) is 43.9 Å². The summed E-state index contributed by atoms with van der Waals surface area (Å²) in [7, 11) is 1.84. The van der Waals surface area contributed by atoms with Crippen LogP contribution in [0.4, 0.5) is 0 Å². The molecule has 1 heterocycles. The van der Waals surface area contributed by atoms with Gasteiger partial charge in [-0.3, -0.25) is 4.99 Å². The van der Waals surface area contributed by atoms with Gasteiger partial charge in [-0.15, -0.1) is 11.3 Å². The maximum absolute atomic E-state index is 4.37. The predicted molar refractivity (Wildman–Crippen MR) is 84.1 cm³/mol. The Labute approximate surface area is 125 Å². The number of hydrogen-bond acceptors (Lipinski definition) is 3. The summed E-state index contributed by atoms with van der Waals surface area (Å²) in [5.74, 6) is 1.88. The van der Waals surface area contributed by atoms with E-state index in [1.807, 2.05) is 13.2 Å². The van der Waals surface area contributed by atoms with Gasteiger partial charge in [0.15, 0.2) is 5.96 Å². The molecule has 0 aromatic carbocycles. The fraction of sp³-hybridized carbons (Fsp3) is 0.733. The Kier molecular flexibility index (Phi) is 3.96. The van der Waals surface area contributed by atoms with Crippen LogP contribution in [0.25, 0.3) is 0 Å². The highest BCUT2D eigenvalue weighted by Crippen LogP contribution is 2.56. The van der Waals surface area contributed by atoms with Crippen molar-refractivity contribution in [3.05, 3.63) is 16.1 Å². The molecule has 110 valence electrons. The molecule has 0 atom stereocenters. The highest BCUT2D eigenvalue weighted by atomic mass is 32.1. The van der Waals surface area contributed by atoms with Crippen molar-refractivity contribution >= 4 is 17.3 Å². The standard InChI is InChI=1S/C15H24N4S/c1-11-8-17-13(20-11)9-18-14(16-2)19-10-15(6-3-7-15)12-4-5-12/h8,12H,3-7,9-10H2,1-2H3,(H2,16,18,19). The van der Waals surface area contributed by atoms with Crippen molar-refractivity contribution in [1.82, 2.24) is 15.6 Å². The zero-order valence-electron chi connectivity index (χ0n) is 12.4. The first-order valence-corrected chi connectivity index (χ1v) is 8.39. The van der Waals surface area contributed by atoms with E-state index in [1.165, 1.54) is 37.0 Å². The number of guanidine groups is 1. The van der Waals surface area contributed by atoms with Crippen LogP contribution in [0.3, 0.4) is 0 Å². The summed E-state index contributed by atoms with van der Waals surface area (Å²) in [6.07, 6.45) is 9.00. The SMILES string of the molecule is CN=C(NCc1ncc(C)s1)NCC1(C2CC2)CCC1. The van der Waals surface area contributed by atoms with E-state index in [1.54, 1.807) is 11.3 Å². The van der Waals surface area contributed by atoms with Gasteiger partial charge in [-0.2, -0.15) is 0 Å². The zero-order chi connectivity index (χ0) is 14.0. The maximum Gasteiger partial charge on any atom is 0.191 e. The minimum absolute atomic E-state index is 0.579. The first-order valence-electron chi connectivity index (χ1n) is 7.58. The van der Waals surface area contributed by atoms with Crippen molar-refractivity contribution < 1.29 is 0 Å². The van der Waals surface area contributed by atoms with Gasteiger partial charge in [0.1, 0.15) is 5.01 Å². The van der Waals surface area contributed by atoms with Gasteiger partial charge in [0.25, 0.3) is 0 Å². The summed E-state index contributed by atoms with van der Waals surface area (Å²) in [4.78, 5) is 9.95. The lowest BCUT2D eigenvalue weighted by molar-refractivity contribution is 0.106. The molecule has 2 fully saturated rings. The molecule has 1 aromatic heterocycles. The number of hydrogen-bond donors (Lipinski definition) is 2. The van der Waals surface area contributed by atoms with Crippen LogP contribution in [0.15, 0.2) is 11.2 Å². The molecule has 2 aliphatic rings. The number of nitrogens with zero attached hydrogens (tertiary/aromatic N) is 2. The third-order valence-electron chi connectivity index (χ3n) is 4.70. The maximum atomic E-state index is 4.37. The molecule has 0 amide bonds. The van der Waals surface area contributed by atoms with Crippen LogP contribution in [0, 0.1) is 18.3 Å². The highest BCUT2D eigenvalue weighted by Gasteiger charge is 2.48. The Morgan fingerprint density at radius 3 is 2.75 bits per heavy atom. The van der Waals surface area contributed by atoms with E-state index in [0.29, 0.717) is 5.41 Å². The Hall–Kier alpha value is -1.10. The number of nitrogens with one attached hydrogen (secondary N) is 2. The lowest BCUT2D eigenvalue weighted by Crippen LogP contribution is -2.47. The van der Waals surface area contributed by atoms with E-state index in [-0.39, 0.29) is 0 Å². The van der Waals surface area contributed by atoms with Crippen LogP contribution in [0.5, 0.6) is 0 Å². The molecule has 0 aliphatic heterocycles. The van der Waals surface area contributed by atoms with Crippen molar-refractivity contribution in [3.8, 4) is 0 Å². The van der Waals surface area contributed by atoms with Crippen molar-refractivity contribution in [2.24, 2.45) is 16.3 Å². The number of aliphatic imine (C=N–C) groups is 1. The second-order valence-corrected chi connectivity index (χ2v) is 7.45. The van der Waals surface area contributed by atoms with E-state index in [2.05, 4.69) is 27.5 Å². The van der Waals surface area contributed by atoms with Gasteiger partial charge in [0.2, 0.25) is 0 Å². The second kappa shape index (κ2) is 5.72. The van der Waals surface area contributed by atoms with Crippen molar-refractivity contribution in [1.29, 1.82) is 0 Å². The van der Waals surface area contributed by atoms with Crippen molar-refractivity contribution in [2.75, 3.05) is 13.6 Å². The quantitative estimate of drug-likeness (QED) is 0.648. The van der Waals surface area contributed by atoms with Gasteiger partial charge >= 0.3 is 0 Å². The van der Waals surface area contributed by atoms with E-state index in [9.17, 15) is 0 Å². The molecule has 20 heavy (non-hydrogen) atoms. The molecule has 0 saturated heterocycles. The third kappa shape index (κ3) is 2.97. The summed E-state index contributed by atoms with van der Waals surface area (Å²) in [5.41, 5.74) is 0.579. The third-order valence-corrected chi connectivity index (χ3v) is 5.61. The molecule has 2 N–H and O–H groups in total. The summed E-state index contributed by atoms with van der Waals surface area (Å²) in [5, 5.41) is 8.01. The Morgan fingerprint density at radius 1 is 1.45 bits per heavy atom. The number of aromatic nitrogens is 1. The first kappa shape index (κ1) is 13.9. The molecule has 5 heteroatoms. The summed E-state index contributed by atoms with van der Waals surface area (Å²) < 4.78 is 0. The monoisotopic (exact) mass is 292 g/mol. The molecule has 4 nitrogen and oxygen atoms in total. The smallest absolute Gasteiger partial charge is 0.191 e. The molecule has 0 unspecified atom stereocenters. The molecular formula is C15H24N4S. The largest absolute Gasteiger partial charge is 0.356 e. The van der Waals surface area contributed by atoms with Crippen LogP contribution >= 0.6 is 11.3 Å². The van der Waals surface area contributed by atoms with Gasteiger partial charge in [0.05, 0.1) is 6.54 Å². The molecule has 3 rings (SSSR count). The average Bonchev–Trinajstić information content (AvgIpc) is 3.15. The summed E-state index contributed by atoms with van der Waals surface area (Å²) in [6, 6.07) is 0. The summed E-state index contributed by atoms with van der Waals surface area (Å²) >= 11 is 1.74. The zero-order valence-corrected chi connectivity index (χ0v) is 13.2. The molecule has 2 saturated carbocycles. The average molecular weight is 292 g/mol. The van der Waals surface area contributed by atoms with E-state index in [4.69, 9.17) is 0 Å². The Morgan fingerprint density at radius 2 is 2.25 bits per heavy atom. The molecule has 1 aromatic rings. The van der Waals surface area contributed by atoms with E-state index < -0.39 is 0 Å². The summed E-state index contributed by atoms with van der Waals surface area (Å²) in [6.45, 7) is 3.92. The molecule has 0 spiro atoms. The number of rotatable bonds is 5. The Balaban J connectivity index is 1.47. The fourth-order valence-electron chi connectivity index (χ4n) is 3.18. The first-order chi connectivity index (χ1) is 9.72. The topological polar surface area (TPSA) is 49.3 Å². The van der Waals surface area contributed by atoms with Crippen LogP contribution in [-0.4, -0.2) is 24.5 Å². The fourth-order valence-corrected chi connectivity index (χ4v) is 3.91. The van der Waals surface area contributed by atoms with Gasteiger partial charge in [0, 0.05) is 24.7 Å². The van der Waals surface area contributed by atoms with Crippen LogP contribution in [0.1, 0.15) is 42.0 Å². The predicted octanol–water partition coefficient (Wildman–Crippen LogP) is 2.70. The lowest BCUT2D eigenvalue weighted by atomic mass is 9.65. The van der Waals surface area contributed by atoms with Gasteiger partial charge in [-0.25, -0.2) is 4.98 Å². The normalized spacial score (nSPS) is 21.4. The van der Waals surface area contributed by atoms with Crippen molar-refractivity contribution in [2.45, 2.75) is 45.6 Å². The molecule has 0 bridgehead atoms. The highest BCUT2D eigenvalue weighted by molar-refractivity contribution is 7.11. The van der Waals surface area contributed by atoms with Crippen LogP contribution in [-0.2, 0) is 6.54 Å². The van der Waals surface area contributed by atoms with E-state index in [0.717, 1.165) is 30.0 Å². The van der Waals surface area contributed by atoms with Crippen LogP contribution in [0.2, 0.25) is 0 Å². The second-order valence-electron chi connectivity index (χ2n) is 6.13. The van der Waals surface area contributed by atoms with Crippen LogP contribution < -0.4 is 10.6 Å². The number of aryl methyl sites for hydroxylation is 1. The molecule has 0 radical (unpaired) electrons. The minimum atomic E-state index is 0.579.